The zero-order valence-electron chi connectivity index (χ0n) is 14.9. The summed E-state index contributed by atoms with van der Waals surface area (Å²) in [5, 5.41) is 6.19. The van der Waals surface area contributed by atoms with Crippen molar-refractivity contribution >= 4 is 17.2 Å². The van der Waals surface area contributed by atoms with Crippen molar-refractivity contribution in [2.45, 2.75) is 32.1 Å². The lowest BCUT2D eigenvalue weighted by molar-refractivity contribution is 0.0682. The fourth-order valence-corrected chi connectivity index (χ4v) is 4.13. The summed E-state index contributed by atoms with van der Waals surface area (Å²) in [6.07, 6.45) is 5.29. The lowest BCUT2D eigenvalue weighted by atomic mass is 9.93. The highest BCUT2D eigenvalue weighted by molar-refractivity contribution is 7.09. The van der Waals surface area contributed by atoms with E-state index in [4.69, 9.17) is 0 Å². The van der Waals surface area contributed by atoms with Crippen LogP contribution in [0.15, 0.2) is 35.7 Å². The molecule has 1 aliphatic rings. The van der Waals surface area contributed by atoms with Gasteiger partial charge in [-0.25, -0.2) is 4.98 Å². The van der Waals surface area contributed by atoms with Crippen LogP contribution in [0.25, 0.3) is 0 Å². The Morgan fingerprint density at radius 2 is 2.00 bits per heavy atom. The Morgan fingerprint density at radius 1 is 1.24 bits per heavy atom. The molecule has 1 N–H and O–H groups in total. The van der Waals surface area contributed by atoms with Crippen LogP contribution >= 0.6 is 11.3 Å². The van der Waals surface area contributed by atoms with Crippen LogP contribution in [0.2, 0.25) is 0 Å². The summed E-state index contributed by atoms with van der Waals surface area (Å²) >= 11 is 1.61. The maximum Gasteiger partial charge on any atom is 0.273 e. The number of rotatable bonds is 7. The maximum absolute atomic E-state index is 12.7. The molecule has 1 fully saturated rings. The topological polar surface area (TPSA) is 45.2 Å². The molecular weight excluding hydrogens is 330 g/mol. The monoisotopic (exact) mass is 357 g/mol. The van der Waals surface area contributed by atoms with Gasteiger partial charge in [-0.05, 0) is 50.8 Å². The molecule has 0 spiro atoms. The molecule has 0 atom stereocenters. The fraction of sp³-hybridized carbons (Fsp3) is 0.500. The van der Waals surface area contributed by atoms with Gasteiger partial charge >= 0.3 is 0 Å². The van der Waals surface area contributed by atoms with E-state index in [-0.39, 0.29) is 5.91 Å². The van der Waals surface area contributed by atoms with Crippen molar-refractivity contribution in [2.75, 3.05) is 26.7 Å². The van der Waals surface area contributed by atoms with E-state index in [0.717, 1.165) is 56.2 Å². The Morgan fingerprint density at radius 3 is 2.72 bits per heavy atom. The maximum atomic E-state index is 12.7. The van der Waals surface area contributed by atoms with Crippen molar-refractivity contribution in [2.24, 2.45) is 5.92 Å². The normalized spacial score (nSPS) is 15.5. The third-order valence-corrected chi connectivity index (χ3v) is 5.85. The van der Waals surface area contributed by atoms with Gasteiger partial charge in [0.15, 0.2) is 0 Å². The first-order valence-electron chi connectivity index (χ1n) is 9.18. The minimum Gasteiger partial charge on any atom is -0.337 e. The molecule has 25 heavy (non-hydrogen) atoms. The van der Waals surface area contributed by atoms with E-state index in [2.05, 4.69) is 34.6 Å². The predicted octanol–water partition coefficient (Wildman–Crippen LogP) is 3.39. The lowest BCUT2D eigenvalue weighted by Crippen LogP contribution is -2.39. The van der Waals surface area contributed by atoms with Gasteiger partial charge in [-0.2, -0.15) is 0 Å². The Bertz CT molecular complexity index is 663. The van der Waals surface area contributed by atoms with Gasteiger partial charge in [0.05, 0.1) is 5.01 Å². The van der Waals surface area contributed by atoms with E-state index in [0.29, 0.717) is 5.69 Å². The Balaban J connectivity index is 1.49. The number of nitrogens with zero attached hydrogens (tertiary/aromatic N) is 2. The first-order chi connectivity index (χ1) is 12.3. The van der Waals surface area contributed by atoms with Crippen molar-refractivity contribution in [3.8, 4) is 0 Å². The molecule has 0 unspecified atom stereocenters. The molecule has 3 rings (SSSR count). The number of nitrogens with one attached hydrogen (secondary N) is 1. The van der Waals surface area contributed by atoms with E-state index in [1.54, 1.807) is 11.3 Å². The van der Waals surface area contributed by atoms with E-state index in [1.165, 1.54) is 12.0 Å². The molecule has 2 heterocycles. The summed E-state index contributed by atoms with van der Waals surface area (Å²) < 4.78 is 0. The molecule has 1 aliphatic heterocycles. The molecule has 1 aromatic carbocycles. The SMILES string of the molecule is CNCCC1CCN(C(=O)c2csc(CCc3ccccc3)n2)CC1. The largest absolute Gasteiger partial charge is 0.337 e. The number of piperidine rings is 1. The third-order valence-electron chi connectivity index (χ3n) is 4.95. The van der Waals surface area contributed by atoms with Crippen LogP contribution in [-0.4, -0.2) is 42.5 Å². The van der Waals surface area contributed by atoms with Crippen LogP contribution < -0.4 is 5.32 Å². The van der Waals surface area contributed by atoms with Crippen LogP contribution in [0.5, 0.6) is 0 Å². The molecule has 0 radical (unpaired) electrons. The number of hydrogen-bond acceptors (Lipinski definition) is 4. The average molecular weight is 358 g/mol. The molecule has 0 saturated carbocycles. The van der Waals surface area contributed by atoms with E-state index in [9.17, 15) is 4.79 Å². The first kappa shape index (κ1) is 18.1. The van der Waals surface area contributed by atoms with Gasteiger partial charge in [0.25, 0.3) is 5.91 Å². The number of aromatic nitrogens is 1. The first-order valence-corrected chi connectivity index (χ1v) is 10.1. The smallest absolute Gasteiger partial charge is 0.273 e. The summed E-state index contributed by atoms with van der Waals surface area (Å²) in [5.74, 6) is 0.850. The number of amides is 1. The molecular formula is C20H27N3OS. The Labute approximate surface area is 154 Å². The predicted molar refractivity (Wildman–Crippen MR) is 103 cm³/mol. The number of hydrogen-bond donors (Lipinski definition) is 1. The molecule has 134 valence electrons. The number of likely N-dealkylation sites (tertiary alicyclic amines) is 1. The molecule has 2 aromatic rings. The molecule has 0 aliphatic carbocycles. The van der Waals surface area contributed by atoms with Gasteiger partial charge in [0.1, 0.15) is 5.69 Å². The van der Waals surface area contributed by atoms with Crippen LogP contribution in [0, 0.1) is 5.92 Å². The van der Waals surface area contributed by atoms with E-state index >= 15 is 0 Å². The molecule has 1 amide bonds. The quantitative estimate of drug-likeness (QED) is 0.826. The second-order valence-corrected chi connectivity index (χ2v) is 7.68. The summed E-state index contributed by atoms with van der Waals surface area (Å²) in [4.78, 5) is 19.2. The number of thiazole rings is 1. The van der Waals surface area contributed by atoms with Crippen LogP contribution in [0.1, 0.15) is 40.3 Å². The highest BCUT2D eigenvalue weighted by atomic mass is 32.1. The zero-order chi connectivity index (χ0) is 17.5. The van der Waals surface area contributed by atoms with Crippen molar-refractivity contribution < 1.29 is 4.79 Å². The summed E-state index contributed by atoms with van der Waals surface area (Å²) in [7, 11) is 2.00. The highest BCUT2D eigenvalue weighted by Gasteiger charge is 2.24. The third kappa shape index (κ3) is 5.13. The van der Waals surface area contributed by atoms with Crippen molar-refractivity contribution in [3.63, 3.8) is 0 Å². The Hall–Kier alpha value is -1.72. The molecule has 1 aromatic heterocycles. The van der Waals surface area contributed by atoms with Gasteiger partial charge in [-0.3, -0.25) is 4.79 Å². The van der Waals surface area contributed by atoms with Gasteiger partial charge in [-0.1, -0.05) is 30.3 Å². The minimum atomic E-state index is 0.106. The van der Waals surface area contributed by atoms with Crippen molar-refractivity contribution in [1.29, 1.82) is 0 Å². The van der Waals surface area contributed by atoms with Gasteiger partial charge in [0.2, 0.25) is 0 Å². The second kappa shape index (κ2) is 9.11. The molecule has 5 heteroatoms. The minimum absolute atomic E-state index is 0.106. The summed E-state index contributed by atoms with van der Waals surface area (Å²) in [6, 6.07) is 10.4. The van der Waals surface area contributed by atoms with Crippen molar-refractivity contribution in [1.82, 2.24) is 15.2 Å². The zero-order valence-corrected chi connectivity index (χ0v) is 15.7. The number of aryl methyl sites for hydroxylation is 2. The fourth-order valence-electron chi connectivity index (χ4n) is 3.36. The summed E-state index contributed by atoms with van der Waals surface area (Å²) in [5.41, 5.74) is 1.94. The molecule has 0 bridgehead atoms. The average Bonchev–Trinajstić information content (AvgIpc) is 3.14. The Kier molecular flexibility index (Phi) is 6.59. The standard InChI is InChI=1S/C20H27N3OS/c1-21-12-9-17-10-13-23(14-11-17)20(24)18-15-25-19(22-18)8-7-16-5-3-2-4-6-16/h2-6,15,17,21H,7-14H2,1H3. The lowest BCUT2D eigenvalue weighted by Gasteiger charge is -2.31. The summed E-state index contributed by atoms with van der Waals surface area (Å²) in [6.45, 7) is 2.80. The van der Waals surface area contributed by atoms with Crippen molar-refractivity contribution in [3.05, 3.63) is 52.0 Å². The second-order valence-electron chi connectivity index (χ2n) is 6.74. The van der Waals surface area contributed by atoms with Crippen LogP contribution in [0.3, 0.4) is 0 Å². The van der Waals surface area contributed by atoms with Gasteiger partial charge < -0.3 is 10.2 Å². The van der Waals surface area contributed by atoms with Gasteiger partial charge in [0, 0.05) is 24.9 Å². The number of carbonyl (C=O) groups is 1. The molecule has 4 nitrogen and oxygen atoms in total. The highest BCUT2D eigenvalue weighted by Crippen LogP contribution is 2.22. The van der Waals surface area contributed by atoms with E-state index < -0.39 is 0 Å². The van der Waals surface area contributed by atoms with Crippen LogP contribution in [-0.2, 0) is 12.8 Å². The number of carbonyl (C=O) groups excluding carboxylic acids is 1. The molecule has 1 saturated heterocycles. The number of benzene rings is 1. The van der Waals surface area contributed by atoms with E-state index in [1.807, 2.05) is 23.4 Å². The van der Waals surface area contributed by atoms with Crippen LogP contribution in [0.4, 0.5) is 0 Å². The van der Waals surface area contributed by atoms with Gasteiger partial charge in [-0.15, -0.1) is 11.3 Å².